The number of piperazine rings is 2. The molecular weight excluding hydrogens is 397 g/mol. The molecule has 0 unspecified atom stereocenters. The number of anilines is 1. The summed E-state index contributed by atoms with van der Waals surface area (Å²) in [7, 11) is -3.23. The van der Waals surface area contributed by atoms with E-state index in [9.17, 15) is 22.9 Å². The molecule has 2 aliphatic heterocycles. The molecule has 0 bridgehead atoms. The van der Waals surface area contributed by atoms with Crippen LogP contribution in [0.4, 0.5) is 10.1 Å². The Labute approximate surface area is 170 Å². The topological polar surface area (TPSA) is 88.0 Å². The standard InChI is InChI=1S/C19H24FN5O3S/c1-29(27,28)25-12-6-22(7-13-25)15-16(14-21)19(26)24-10-8-23(9-11-24)18-4-2-17(20)3-5-18/h2-5,15H,6-13H2,1H3/b16-15-. The summed E-state index contributed by atoms with van der Waals surface area (Å²) in [6.45, 7) is 3.67. The van der Waals surface area contributed by atoms with Gasteiger partial charge < -0.3 is 14.7 Å². The molecule has 1 amide bonds. The molecule has 1 aromatic rings. The van der Waals surface area contributed by atoms with E-state index in [2.05, 4.69) is 4.90 Å². The van der Waals surface area contributed by atoms with E-state index in [1.165, 1.54) is 28.9 Å². The monoisotopic (exact) mass is 421 g/mol. The largest absolute Gasteiger partial charge is 0.373 e. The maximum atomic E-state index is 13.1. The number of halogens is 1. The molecule has 0 N–H and O–H groups in total. The third kappa shape index (κ3) is 5.25. The van der Waals surface area contributed by atoms with E-state index in [1.54, 1.807) is 17.0 Å². The molecule has 0 aromatic heterocycles. The summed E-state index contributed by atoms with van der Waals surface area (Å²) < 4.78 is 37.6. The van der Waals surface area contributed by atoms with Gasteiger partial charge >= 0.3 is 0 Å². The van der Waals surface area contributed by atoms with Crippen LogP contribution in [0.3, 0.4) is 0 Å². The third-order valence-corrected chi connectivity index (χ3v) is 6.47. The highest BCUT2D eigenvalue weighted by molar-refractivity contribution is 7.88. The first-order chi connectivity index (χ1) is 13.8. The number of hydrogen-bond donors (Lipinski definition) is 0. The molecule has 2 saturated heterocycles. The molecule has 0 saturated carbocycles. The molecule has 3 rings (SSSR count). The first kappa shape index (κ1) is 21.1. The van der Waals surface area contributed by atoms with E-state index in [4.69, 9.17) is 0 Å². The van der Waals surface area contributed by atoms with Crippen molar-refractivity contribution in [2.24, 2.45) is 0 Å². The Bertz CT molecular complexity index is 910. The van der Waals surface area contributed by atoms with Gasteiger partial charge in [0.25, 0.3) is 5.91 Å². The summed E-state index contributed by atoms with van der Waals surface area (Å²) >= 11 is 0. The Kier molecular flexibility index (Phi) is 6.39. The fourth-order valence-electron chi connectivity index (χ4n) is 3.47. The summed E-state index contributed by atoms with van der Waals surface area (Å²) in [6, 6.07) is 8.22. The second-order valence-corrected chi connectivity index (χ2v) is 9.09. The Hall–Kier alpha value is -2.64. The predicted octanol–water partition coefficient (Wildman–Crippen LogP) is 0.459. The first-order valence-corrected chi connectivity index (χ1v) is 11.2. The van der Waals surface area contributed by atoms with E-state index < -0.39 is 10.0 Å². The number of rotatable bonds is 4. The van der Waals surface area contributed by atoms with E-state index in [-0.39, 0.29) is 17.3 Å². The molecule has 8 nitrogen and oxygen atoms in total. The second-order valence-electron chi connectivity index (χ2n) is 7.11. The molecule has 29 heavy (non-hydrogen) atoms. The van der Waals surface area contributed by atoms with Crippen LogP contribution in [0.1, 0.15) is 0 Å². The molecule has 156 valence electrons. The van der Waals surface area contributed by atoms with Crippen molar-refractivity contribution in [1.82, 2.24) is 14.1 Å². The van der Waals surface area contributed by atoms with Gasteiger partial charge in [-0.05, 0) is 24.3 Å². The van der Waals surface area contributed by atoms with E-state index in [0.29, 0.717) is 52.4 Å². The van der Waals surface area contributed by atoms with Crippen LogP contribution in [0.15, 0.2) is 36.0 Å². The summed E-state index contributed by atoms with van der Waals surface area (Å²) in [6.07, 6.45) is 2.71. The van der Waals surface area contributed by atoms with Crippen molar-refractivity contribution in [3.05, 3.63) is 41.9 Å². The van der Waals surface area contributed by atoms with Crippen LogP contribution in [-0.2, 0) is 14.8 Å². The summed E-state index contributed by atoms with van der Waals surface area (Å²) in [5.41, 5.74) is 0.950. The van der Waals surface area contributed by atoms with Crippen molar-refractivity contribution in [3.8, 4) is 6.07 Å². The van der Waals surface area contributed by atoms with Gasteiger partial charge in [-0.1, -0.05) is 0 Å². The maximum absolute atomic E-state index is 13.1. The van der Waals surface area contributed by atoms with E-state index >= 15 is 0 Å². The minimum atomic E-state index is -3.23. The maximum Gasteiger partial charge on any atom is 0.266 e. The zero-order valence-electron chi connectivity index (χ0n) is 16.3. The number of amides is 1. The first-order valence-electron chi connectivity index (χ1n) is 9.39. The van der Waals surface area contributed by atoms with Gasteiger partial charge in [-0.25, -0.2) is 12.8 Å². The quantitative estimate of drug-likeness (QED) is 0.519. The van der Waals surface area contributed by atoms with Gasteiger partial charge in [-0.15, -0.1) is 0 Å². The highest BCUT2D eigenvalue weighted by Crippen LogP contribution is 2.18. The lowest BCUT2D eigenvalue weighted by molar-refractivity contribution is -0.127. The number of hydrogen-bond acceptors (Lipinski definition) is 6. The van der Waals surface area contributed by atoms with Gasteiger partial charge in [-0.2, -0.15) is 9.57 Å². The Morgan fingerprint density at radius 2 is 1.62 bits per heavy atom. The smallest absolute Gasteiger partial charge is 0.266 e. The molecular formula is C19H24FN5O3S. The summed E-state index contributed by atoms with van der Waals surface area (Å²) in [5, 5.41) is 9.45. The lowest BCUT2D eigenvalue weighted by atomic mass is 10.2. The molecule has 0 radical (unpaired) electrons. The SMILES string of the molecule is CS(=O)(=O)N1CCN(/C=C(/C#N)C(=O)N2CCN(c3ccc(F)cc3)CC2)CC1. The zero-order chi connectivity index (χ0) is 21.0. The number of benzene rings is 1. The van der Waals surface area contributed by atoms with Gasteiger partial charge in [0.05, 0.1) is 6.26 Å². The molecule has 10 heteroatoms. The van der Waals surface area contributed by atoms with Crippen LogP contribution < -0.4 is 4.90 Å². The minimum absolute atomic E-state index is 0.0491. The lowest BCUT2D eigenvalue weighted by Crippen LogP contribution is -2.49. The lowest BCUT2D eigenvalue weighted by Gasteiger charge is -2.36. The van der Waals surface area contributed by atoms with Crippen LogP contribution in [0.25, 0.3) is 0 Å². The van der Waals surface area contributed by atoms with Gasteiger partial charge in [0.1, 0.15) is 17.5 Å². The van der Waals surface area contributed by atoms with Crippen molar-refractivity contribution in [2.45, 2.75) is 0 Å². The Morgan fingerprint density at radius 1 is 1.03 bits per heavy atom. The van der Waals surface area contributed by atoms with Crippen molar-refractivity contribution in [1.29, 1.82) is 5.26 Å². The molecule has 2 fully saturated rings. The summed E-state index contributed by atoms with van der Waals surface area (Å²) in [4.78, 5) is 18.3. The molecule has 0 spiro atoms. The normalized spacial score (nSPS) is 19.2. The number of sulfonamides is 1. The molecule has 0 atom stereocenters. The molecule has 2 aliphatic rings. The number of nitriles is 1. The summed E-state index contributed by atoms with van der Waals surface area (Å²) in [5.74, 6) is -0.611. The fourth-order valence-corrected chi connectivity index (χ4v) is 4.30. The highest BCUT2D eigenvalue weighted by atomic mass is 32.2. The van der Waals surface area contributed by atoms with E-state index in [0.717, 1.165) is 5.69 Å². The van der Waals surface area contributed by atoms with Crippen molar-refractivity contribution in [2.75, 3.05) is 63.5 Å². The van der Waals surface area contributed by atoms with E-state index in [1.807, 2.05) is 11.0 Å². The average Bonchev–Trinajstić information content (AvgIpc) is 2.72. The van der Waals surface area contributed by atoms with Crippen molar-refractivity contribution < 1.29 is 17.6 Å². The number of nitrogens with zero attached hydrogens (tertiary/aromatic N) is 5. The second kappa shape index (κ2) is 8.80. The average molecular weight is 421 g/mol. The Morgan fingerprint density at radius 3 is 2.14 bits per heavy atom. The fraction of sp³-hybridized carbons (Fsp3) is 0.474. The van der Waals surface area contributed by atoms with Gasteiger partial charge in [0, 0.05) is 64.2 Å². The highest BCUT2D eigenvalue weighted by Gasteiger charge is 2.26. The third-order valence-electron chi connectivity index (χ3n) is 5.16. The zero-order valence-corrected chi connectivity index (χ0v) is 17.1. The van der Waals surface area contributed by atoms with Crippen LogP contribution in [0.2, 0.25) is 0 Å². The number of carbonyl (C=O) groups is 1. The van der Waals surface area contributed by atoms with Crippen LogP contribution in [-0.4, -0.2) is 87.0 Å². The van der Waals surface area contributed by atoms with Gasteiger partial charge in [-0.3, -0.25) is 4.79 Å². The van der Waals surface area contributed by atoms with Crippen LogP contribution in [0.5, 0.6) is 0 Å². The van der Waals surface area contributed by atoms with Crippen LogP contribution >= 0.6 is 0 Å². The minimum Gasteiger partial charge on any atom is -0.373 e. The number of carbonyl (C=O) groups excluding carboxylic acids is 1. The predicted molar refractivity (Wildman–Crippen MR) is 107 cm³/mol. The van der Waals surface area contributed by atoms with Crippen molar-refractivity contribution in [3.63, 3.8) is 0 Å². The Balaban J connectivity index is 1.57. The molecule has 2 heterocycles. The van der Waals surface area contributed by atoms with Crippen molar-refractivity contribution >= 4 is 21.6 Å². The van der Waals surface area contributed by atoms with Gasteiger partial charge in [0.15, 0.2) is 0 Å². The molecule has 0 aliphatic carbocycles. The van der Waals surface area contributed by atoms with Gasteiger partial charge in [0.2, 0.25) is 10.0 Å². The molecule has 1 aromatic carbocycles. The van der Waals surface area contributed by atoms with Crippen LogP contribution in [0, 0.1) is 17.1 Å².